The van der Waals surface area contributed by atoms with E-state index in [0.29, 0.717) is 36.5 Å². The third-order valence-corrected chi connectivity index (χ3v) is 8.28. The number of carbonyl (C=O) groups is 3. The number of aromatic nitrogens is 2. The number of ether oxygens (including phenoxy) is 1. The van der Waals surface area contributed by atoms with Crippen molar-refractivity contribution in [3.63, 3.8) is 0 Å². The number of fused-ring (bicyclic) bond motifs is 1. The number of aromatic amines is 1. The summed E-state index contributed by atoms with van der Waals surface area (Å²) in [5, 5.41) is 9.23. The van der Waals surface area contributed by atoms with E-state index in [0.717, 1.165) is 33.8 Å². The van der Waals surface area contributed by atoms with Crippen molar-refractivity contribution in [1.29, 1.82) is 0 Å². The number of methoxy groups -OCH3 is 1. The number of rotatable bonds is 9. The topological polar surface area (TPSA) is 125 Å². The Morgan fingerprint density at radius 1 is 1.02 bits per heavy atom. The number of para-hydroxylation sites is 1. The summed E-state index contributed by atoms with van der Waals surface area (Å²) in [6, 6.07) is 23.3. The molecule has 228 valence electrons. The van der Waals surface area contributed by atoms with Gasteiger partial charge in [-0.25, -0.2) is 4.98 Å². The van der Waals surface area contributed by atoms with Crippen LogP contribution in [0.2, 0.25) is 0 Å². The number of amides is 2. The predicted octanol–water partition coefficient (Wildman–Crippen LogP) is 6.07. The lowest BCUT2D eigenvalue weighted by Crippen LogP contribution is -2.49. The number of allylic oxidation sites excluding steroid dienone is 2. The molecule has 0 fully saturated rings. The average Bonchev–Trinajstić information content (AvgIpc) is 3.42. The predicted molar refractivity (Wildman–Crippen MR) is 175 cm³/mol. The number of hydrogen-bond donors (Lipinski definition) is 4. The van der Waals surface area contributed by atoms with Gasteiger partial charge in [-0.1, -0.05) is 60.7 Å². The van der Waals surface area contributed by atoms with Crippen LogP contribution < -0.4 is 16.0 Å². The van der Waals surface area contributed by atoms with E-state index in [-0.39, 0.29) is 29.9 Å². The van der Waals surface area contributed by atoms with Crippen LogP contribution in [0, 0.1) is 5.92 Å². The number of ketones is 1. The minimum absolute atomic E-state index is 0.0120. The summed E-state index contributed by atoms with van der Waals surface area (Å²) in [5.41, 5.74) is 5.44. The molecule has 4 aromatic rings. The van der Waals surface area contributed by atoms with Crippen LogP contribution in [-0.2, 0) is 20.7 Å². The van der Waals surface area contributed by atoms with Crippen LogP contribution in [0.25, 0.3) is 16.8 Å². The van der Waals surface area contributed by atoms with E-state index in [4.69, 9.17) is 4.74 Å². The van der Waals surface area contributed by atoms with Crippen molar-refractivity contribution in [2.45, 2.75) is 31.8 Å². The zero-order valence-electron chi connectivity index (χ0n) is 25.2. The van der Waals surface area contributed by atoms with Crippen LogP contribution in [0.5, 0.6) is 0 Å². The van der Waals surface area contributed by atoms with Gasteiger partial charge in [0.25, 0.3) is 5.91 Å². The number of nitrogens with one attached hydrogen (secondary N) is 4. The Morgan fingerprint density at radius 2 is 1.78 bits per heavy atom. The van der Waals surface area contributed by atoms with E-state index in [2.05, 4.69) is 25.9 Å². The fourth-order valence-corrected chi connectivity index (χ4v) is 5.99. The number of Topliss-reactive ketones (excluding diaryl/α,β-unsaturated/α-hetero) is 1. The Bertz CT molecular complexity index is 1790. The van der Waals surface area contributed by atoms with Crippen molar-refractivity contribution >= 4 is 40.4 Å². The van der Waals surface area contributed by atoms with Crippen LogP contribution in [0.4, 0.5) is 17.2 Å². The second-order valence-corrected chi connectivity index (χ2v) is 11.4. The minimum atomic E-state index is -1.11. The van der Waals surface area contributed by atoms with Crippen LogP contribution in [0.15, 0.2) is 97.2 Å². The molecule has 2 aromatic carbocycles. The summed E-state index contributed by atoms with van der Waals surface area (Å²) in [6.45, 7) is 1.76. The van der Waals surface area contributed by atoms with Gasteiger partial charge in [-0.15, -0.1) is 0 Å². The van der Waals surface area contributed by atoms with Crippen molar-refractivity contribution in [1.82, 2.24) is 15.3 Å². The van der Waals surface area contributed by atoms with Gasteiger partial charge in [0.05, 0.1) is 16.9 Å². The van der Waals surface area contributed by atoms with Crippen molar-refractivity contribution < 1.29 is 19.1 Å². The quantitative estimate of drug-likeness (QED) is 0.185. The molecule has 2 amide bonds. The summed E-state index contributed by atoms with van der Waals surface area (Å²) < 4.78 is 5.74. The maximum atomic E-state index is 13.7. The van der Waals surface area contributed by atoms with Gasteiger partial charge >= 0.3 is 0 Å². The molecule has 0 spiro atoms. The Labute approximate surface area is 261 Å². The van der Waals surface area contributed by atoms with Gasteiger partial charge in [-0.05, 0) is 53.8 Å². The van der Waals surface area contributed by atoms with Gasteiger partial charge in [-0.2, -0.15) is 0 Å². The molecule has 45 heavy (non-hydrogen) atoms. The van der Waals surface area contributed by atoms with Gasteiger partial charge in [0.15, 0.2) is 11.4 Å². The molecule has 2 atom stereocenters. The van der Waals surface area contributed by atoms with E-state index in [1.165, 1.54) is 6.92 Å². The zero-order chi connectivity index (χ0) is 31.4. The highest BCUT2D eigenvalue weighted by Gasteiger charge is 2.38. The van der Waals surface area contributed by atoms with Crippen LogP contribution >= 0.6 is 0 Å². The molecular weight excluding hydrogens is 566 g/mol. The molecule has 0 aliphatic heterocycles. The van der Waals surface area contributed by atoms with Gasteiger partial charge < -0.3 is 25.7 Å². The Balaban J connectivity index is 1.22. The molecule has 2 unspecified atom stereocenters. The molecule has 6 rings (SSSR count). The third kappa shape index (κ3) is 6.34. The lowest BCUT2D eigenvalue weighted by atomic mass is 9.85. The van der Waals surface area contributed by atoms with E-state index in [9.17, 15) is 14.4 Å². The number of H-pyrrole nitrogens is 1. The lowest BCUT2D eigenvalue weighted by molar-refractivity contribution is -0.138. The number of hydrogen-bond acceptors (Lipinski definition) is 6. The highest BCUT2D eigenvalue weighted by Crippen LogP contribution is 2.40. The summed E-state index contributed by atoms with van der Waals surface area (Å²) in [6.07, 6.45) is 8.65. The molecule has 9 nitrogen and oxygen atoms in total. The van der Waals surface area contributed by atoms with E-state index in [1.807, 2.05) is 85.0 Å². The first-order chi connectivity index (χ1) is 21.8. The van der Waals surface area contributed by atoms with E-state index in [1.54, 1.807) is 19.4 Å². The molecule has 0 saturated carbocycles. The monoisotopic (exact) mass is 601 g/mol. The van der Waals surface area contributed by atoms with Crippen LogP contribution in [0.3, 0.4) is 0 Å². The second-order valence-electron chi connectivity index (χ2n) is 11.4. The summed E-state index contributed by atoms with van der Waals surface area (Å²) in [4.78, 5) is 46.6. The Morgan fingerprint density at radius 3 is 2.47 bits per heavy atom. The molecule has 0 bridgehead atoms. The molecule has 2 heterocycles. The fourth-order valence-electron chi connectivity index (χ4n) is 5.99. The first-order valence-corrected chi connectivity index (χ1v) is 15.0. The molecule has 2 aromatic heterocycles. The molecule has 0 saturated heterocycles. The molecule has 2 aliphatic rings. The summed E-state index contributed by atoms with van der Waals surface area (Å²) in [7, 11) is 1.54. The Kier molecular flexibility index (Phi) is 8.44. The number of carbonyl (C=O) groups excluding carboxylic acids is 3. The number of anilines is 3. The van der Waals surface area contributed by atoms with Crippen molar-refractivity contribution in [2.75, 3.05) is 24.3 Å². The molecule has 2 aliphatic carbocycles. The Hall–Kier alpha value is -5.28. The highest BCUT2D eigenvalue weighted by atomic mass is 16.5. The average molecular weight is 602 g/mol. The zero-order valence-corrected chi connectivity index (χ0v) is 25.2. The molecule has 0 radical (unpaired) electrons. The van der Waals surface area contributed by atoms with Crippen LogP contribution in [0.1, 0.15) is 41.4 Å². The lowest BCUT2D eigenvalue weighted by Gasteiger charge is -2.31. The fraction of sp³-hybridized carbons (Fsp3) is 0.222. The maximum absolute atomic E-state index is 13.7. The van der Waals surface area contributed by atoms with E-state index >= 15 is 0 Å². The number of nitrogens with zero attached hydrogens (tertiary/aromatic N) is 1. The number of benzene rings is 2. The summed E-state index contributed by atoms with van der Waals surface area (Å²) in [5.74, 6) is -0.153. The molecule has 9 heteroatoms. The smallest absolute Gasteiger partial charge is 0.256 e. The normalized spacial score (nSPS) is 18.9. The first kappa shape index (κ1) is 29.8. The van der Waals surface area contributed by atoms with E-state index < -0.39 is 5.60 Å². The molecule has 4 N–H and O–H groups in total. The first-order valence-electron chi connectivity index (χ1n) is 15.0. The second kappa shape index (κ2) is 12.8. The largest absolute Gasteiger partial charge is 0.364 e. The number of pyridine rings is 1. The van der Waals surface area contributed by atoms with Crippen molar-refractivity contribution in [3.8, 4) is 11.3 Å². The SMILES string of the molecule is COC1(C(=O)NCC2CC(=O)c3c([nH]c(-c4ccnc(NC(C)=O)c4)c3Nc3ccccc3)C2)C=CC(c2ccccc2)=CC1. The van der Waals surface area contributed by atoms with Crippen molar-refractivity contribution in [2.24, 2.45) is 5.92 Å². The molecular formula is C36H35N5O4. The maximum Gasteiger partial charge on any atom is 0.256 e. The minimum Gasteiger partial charge on any atom is -0.364 e. The van der Waals surface area contributed by atoms with Gasteiger partial charge in [-0.3, -0.25) is 14.4 Å². The highest BCUT2D eigenvalue weighted by molar-refractivity contribution is 6.07. The summed E-state index contributed by atoms with van der Waals surface area (Å²) >= 11 is 0. The van der Waals surface area contributed by atoms with Gasteiger partial charge in [0, 0.05) is 56.6 Å². The van der Waals surface area contributed by atoms with Gasteiger partial charge in [0.2, 0.25) is 5.91 Å². The van der Waals surface area contributed by atoms with Crippen LogP contribution in [-0.4, -0.2) is 46.8 Å². The van der Waals surface area contributed by atoms with Gasteiger partial charge in [0.1, 0.15) is 5.82 Å². The standard InChI is InChI=1S/C36H35N5O4/c1-23(42)39-31-21-27(15-18-37-31)33-34(40-28-11-7-4-8-12-28)32-29(41-33)19-24(20-30(32)43)22-38-35(44)36(45-2)16-13-26(14-17-36)25-9-5-3-6-10-25/h3-16,18,21,24,40-41H,17,19-20,22H2,1-2H3,(H,38,44)(H,37,39,42). The van der Waals surface area contributed by atoms with Crippen molar-refractivity contribution in [3.05, 3.63) is 114 Å². The third-order valence-electron chi connectivity index (χ3n) is 8.28.